The molecule has 0 aliphatic carbocycles. The van der Waals surface area contributed by atoms with E-state index in [9.17, 15) is 0 Å². The van der Waals surface area contributed by atoms with E-state index in [1.807, 2.05) is 134 Å². The summed E-state index contributed by atoms with van der Waals surface area (Å²) in [4.78, 5) is 0. The molecule has 9 heteroatoms. The molecule has 0 amide bonds. The predicted molar refractivity (Wildman–Crippen MR) is 216 cm³/mol. The molecular formula is C48H54O9. The van der Waals surface area contributed by atoms with Gasteiger partial charge in [0, 0.05) is 13.5 Å². The second-order valence-electron chi connectivity index (χ2n) is 14.5. The number of ether oxygens (including phenoxy) is 9. The fourth-order valence-corrected chi connectivity index (χ4v) is 7.33. The van der Waals surface area contributed by atoms with Crippen LogP contribution in [-0.4, -0.2) is 69.0 Å². The molecule has 0 bridgehead atoms. The highest BCUT2D eigenvalue weighted by Crippen LogP contribution is 2.33. The summed E-state index contributed by atoms with van der Waals surface area (Å²) in [5, 5.41) is 0. The van der Waals surface area contributed by atoms with Crippen molar-refractivity contribution in [1.29, 1.82) is 0 Å². The minimum atomic E-state index is -0.761. The van der Waals surface area contributed by atoms with Crippen LogP contribution < -0.4 is 0 Å². The monoisotopic (exact) mass is 774 g/mol. The van der Waals surface area contributed by atoms with Crippen LogP contribution in [0.1, 0.15) is 41.2 Å². The Hall–Kier alpha value is -4.26. The molecule has 2 aliphatic heterocycles. The lowest BCUT2D eigenvalue weighted by molar-refractivity contribution is -0.333. The second-order valence-corrected chi connectivity index (χ2v) is 14.5. The molecule has 0 saturated carbocycles. The van der Waals surface area contributed by atoms with Crippen LogP contribution in [0.5, 0.6) is 0 Å². The van der Waals surface area contributed by atoms with E-state index in [0.717, 1.165) is 27.8 Å². The van der Waals surface area contributed by atoms with Gasteiger partial charge in [0.15, 0.2) is 12.6 Å². The molecule has 5 aromatic carbocycles. The lowest BCUT2D eigenvalue weighted by Crippen LogP contribution is -2.62. The molecule has 0 aromatic heterocycles. The van der Waals surface area contributed by atoms with E-state index < -0.39 is 37.0 Å². The Labute approximate surface area is 336 Å². The number of methoxy groups -OCH3 is 1. The molecule has 0 unspecified atom stereocenters. The standard InChI is InChI=1S/C48H54O9/c1-35-44(52-30-37-20-10-4-11-21-37)41(50-29-36-18-8-3-9-19-36)28-43(56-35)51-34-42-45(53-31-38-22-12-5-13-23-38)46(54-32-39-24-14-6-15-25-39)47(48(49-2)57-42)55-33-40-26-16-7-17-27-40/h3-27,35,41-48H,28-34H2,1-2H3/t35-,41-,42+,43+,44-,45+,46-,47+,48-/m0/s1. The number of rotatable bonds is 19. The summed E-state index contributed by atoms with van der Waals surface area (Å²) < 4.78 is 59.0. The van der Waals surface area contributed by atoms with Crippen molar-refractivity contribution < 1.29 is 42.6 Å². The van der Waals surface area contributed by atoms with Gasteiger partial charge in [0.25, 0.3) is 0 Å². The van der Waals surface area contributed by atoms with Crippen molar-refractivity contribution in [3.63, 3.8) is 0 Å². The van der Waals surface area contributed by atoms with Crippen molar-refractivity contribution in [2.24, 2.45) is 0 Å². The van der Waals surface area contributed by atoms with Crippen molar-refractivity contribution in [2.45, 2.75) is 102 Å². The summed E-state index contributed by atoms with van der Waals surface area (Å²) in [5.74, 6) is 0. The van der Waals surface area contributed by atoms with Crippen LogP contribution in [0, 0.1) is 0 Å². The molecule has 2 heterocycles. The zero-order valence-electron chi connectivity index (χ0n) is 32.8. The van der Waals surface area contributed by atoms with E-state index in [4.69, 9.17) is 42.6 Å². The first-order chi connectivity index (χ1) is 28.1. The maximum atomic E-state index is 6.78. The van der Waals surface area contributed by atoms with Gasteiger partial charge >= 0.3 is 0 Å². The normalized spacial score (nSPS) is 26.2. The van der Waals surface area contributed by atoms with E-state index in [-0.39, 0.29) is 24.9 Å². The second kappa shape index (κ2) is 21.5. The van der Waals surface area contributed by atoms with Gasteiger partial charge in [-0.05, 0) is 34.7 Å². The Kier molecular flexibility index (Phi) is 15.4. The fourth-order valence-electron chi connectivity index (χ4n) is 7.33. The van der Waals surface area contributed by atoms with Gasteiger partial charge in [-0.15, -0.1) is 0 Å². The molecule has 300 valence electrons. The van der Waals surface area contributed by atoms with Gasteiger partial charge in [-0.3, -0.25) is 0 Å². The molecule has 0 N–H and O–H groups in total. The van der Waals surface area contributed by atoms with Crippen LogP contribution in [0.15, 0.2) is 152 Å². The SMILES string of the molecule is CO[C@H]1O[C@H](CO[C@H]2C[C@H](OCc3ccccc3)[C@@H](OCc3ccccc3)[C@H](C)O2)[C@@H](OCc2ccccc2)[C@H](OCc2ccccc2)[C@H]1OCc1ccccc1. The van der Waals surface area contributed by atoms with Crippen molar-refractivity contribution >= 4 is 0 Å². The Morgan fingerprint density at radius 1 is 0.439 bits per heavy atom. The highest BCUT2D eigenvalue weighted by atomic mass is 16.7. The molecule has 2 aliphatic rings. The lowest BCUT2D eigenvalue weighted by atomic mass is 9.97. The average Bonchev–Trinajstić information content (AvgIpc) is 3.27. The van der Waals surface area contributed by atoms with Crippen molar-refractivity contribution in [3.05, 3.63) is 179 Å². The van der Waals surface area contributed by atoms with E-state index in [2.05, 4.69) is 24.3 Å². The maximum absolute atomic E-state index is 6.78. The van der Waals surface area contributed by atoms with E-state index >= 15 is 0 Å². The summed E-state index contributed by atoms with van der Waals surface area (Å²) in [6.07, 6.45) is -4.16. The Morgan fingerprint density at radius 3 is 1.26 bits per heavy atom. The van der Waals surface area contributed by atoms with Crippen LogP contribution in [0.25, 0.3) is 0 Å². The minimum Gasteiger partial charge on any atom is -0.371 e. The molecule has 2 fully saturated rings. The molecule has 5 aromatic rings. The third-order valence-corrected chi connectivity index (χ3v) is 10.3. The Bertz CT molecular complexity index is 1830. The first-order valence-corrected chi connectivity index (χ1v) is 19.9. The molecule has 9 atom stereocenters. The predicted octanol–water partition coefficient (Wildman–Crippen LogP) is 8.44. The Balaban J connectivity index is 1.10. The highest BCUT2D eigenvalue weighted by molar-refractivity contribution is 5.17. The van der Waals surface area contributed by atoms with Gasteiger partial charge in [-0.1, -0.05) is 152 Å². The Morgan fingerprint density at radius 2 is 0.825 bits per heavy atom. The third-order valence-electron chi connectivity index (χ3n) is 10.3. The van der Waals surface area contributed by atoms with Crippen LogP contribution >= 0.6 is 0 Å². The van der Waals surface area contributed by atoms with E-state index in [0.29, 0.717) is 39.5 Å². The van der Waals surface area contributed by atoms with Gasteiger partial charge in [0.05, 0.1) is 51.8 Å². The highest BCUT2D eigenvalue weighted by Gasteiger charge is 2.49. The van der Waals surface area contributed by atoms with Crippen LogP contribution in [0.3, 0.4) is 0 Å². The molecular weight excluding hydrogens is 721 g/mol. The van der Waals surface area contributed by atoms with Crippen LogP contribution in [0.2, 0.25) is 0 Å². The maximum Gasteiger partial charge on any atom is 0.186 e. The van der Waals surface area contributed by atoms with Gasteiger partial charge in [0.2, 0.25) is 0 Å². The van der Waals surface area contributed by atoms with E-state index in [1.54, 1.807) is 7.11 Å². The van der Waals surface area contributed by atoms with Gasteiger partial charge in [-0.25, -0.2) is 0 Å². The summed E-state index contributed by atoms with van der Waals surface area (Å²) in [5.41, 5.74) is 5.26. The molecule has 0 spiro atoms. The largest absolute Gasteiger partial charge is 0.371 e. The van der Waals surface area contributed by atoms with Gasteiger partial charge in [0.1, 0.15) is 30.5 Å². The van der Waals surface area contributed by atoms with Crippen LogP contribution in [0.4, 0.5) is 0 Å². The van der Waals surface area contributed by atoms with Crippen LogP contribution in [-0.2, 0) is 75.7 Å². The number of hydrogen-bond donors (Lipinski definition) is 0. The molecule has 2 saturated heterocycles. The molecule has 57 heavy (non-hydrogen) atoms. The average molecular weight is 775 g/mol. The number of benzene rings is 5. The summed E-state index contributed by atoms with van der Waals surface area (Å²) in [6, 6.07) is 50.5. The van der Waals surface area contributed by atoms with Crippen molar-refractivity contribution in [3.8, 4) is 0 Å². The third kappa shape index (κ3) is 11.9. The summed E-state index contributed by atoms with van der Waals surface area (Å²) in [7, 11) is 1.62. The molecule has 7 rings (SSSR count). The zero-order valence-corrected chi connectivity index (χ0v) is 32.8. The minimum absolute atomic E-state index is 0.147. The smallest absolute Gasteiger partial charge is 0.186 e. The summed E-state index contributed by atoms with van der Waals surface area (Å²) >= 11 is 0. The number of hydrogen-bond acceptors (Lipinski definition) is 9. The quantitative estimate of drug-likeness (QED) is 0.0822. The first kappa shape index (κ1) is 40.9. The molecule has 0 radical (unpaired) electrons. The van der Waals surface area contributed by atoms with Crippen molar-refractivity contribution in [1.82, 2.24) is 0 Å². The van der Waals surface area contributed by atoms with E-state index in [1.165, 1.54) is 0 Å². The van der Waals surface area contributed by atoms with Gasteiger partial charge < -0.3 is 42.6 Å². The first-order valence-electron chi connectivity index (χ1n) is 19.9. The summed E-state index contributed by atoms with van der Waals surface area (Å²) in [6.45, 7) is 4.08. The fraction of sp³-hybridized carbons (Fsp3) is 0.375. The molecule has 9 nitrogen and oxygen atoms in total. The van der Waals surface area contributed by atoms with Gasteiger partial charge in [-0.2, -0.15) is 0 Å². The topological polar surface area (TPSA) is 83.1 Å². The van der Waals surface area contributed by atoms with Crippen molar-refractivity contribution in [2.75, 3.05) is 13.7 Å². The lowest BCUT2D eigenvalue weighted by Gasteiger charge is -2.46. The zero-order chi connectivity index (χ0) is 39.1.